The van der Waals surface area contributed by atoms with Crippen molar-refractivity contribution in [3.8, 4) is 0 Å². The molecule has 4 heteroatoms. The smallest absolute Gasteiger partial charge is 0.222 e. The third-order valence-electron chi connectivity index (χ3n) is 2.72. The first-order valence-corrected chi connectivity index (χ1v) is 5.44. The van der Waals surface area contributed by atoms with Crippen molar-refractivity contribution in [1.82, 2.24) is 4.90 Å². The lowest BCUT2D eigenvalue weighted by Crippen LogP contribution is -2.47. The fourth-order valence-corrected chi connectivity index (χ4v) is 1.19. The second-order valence-electron chi connectivity index (χ2n) is 4.79. The quantitative estimate of drug-likeness (QED) is 0.688. The summed E-state index contributed by atoms with van der Waals surface area (Å²) in [6, 6.07) is 0.147. The van der Waals surface area contributed by atoms with Gasteiger partial charge in [-0.3, -0.25) is 4.79 Å². The van der Waals surface area contributed by atoms with Gasteiger partial charge in [0.05, 0.1) is 12.1 Å². The van der Waals surface area contributed by atoms with E-state index in [9.17, 15) is 4.79 Å². The highest BCUT2D eigenvalue weighted by Gasteiger charge is 2.26. The lowest BCUT2D eigenvalue weighted by molar-refractivity contribution is -0.136. The molecule has 0 radical (unpaired) electrons. The molecule has 0 fully saturated rings. The summed E-state index contributed by atoms with van der Waals surface area (Å²) in [7, 11) is 1.73. The van der Waals surface area contributed by atoms with Crippen molar-refractivity contribution in [2.45, 2.75) is 51.6 Å². The number of nitrogens with two attached hydrogens (primary N) is 1. The van der Waals surface area contributed by atoms with Gasteiger partial charge in [0.15, 0.2) is 0 Å². The van der Waals surface area contributed by atoms with Crippen LogP contribution in [0.5, 0.6) is 0 Å². The fourth-order valence-electron chi connectivity index (χ4n) is 1.19. The van der Waals surface area contributed by atoms with Crippen molar-refractivity contribution in [1.29, 1.82) is 0 Å². The van der Waals surface area contributed by atoms with Crippen LogP contribution >= 0.6 is 0 Å². The summed E-state index contributed by atoms with van der Waals surface area (Å²) in [6.45, 7) is 5.60. The number of carbonyl (C=O) groups excluding carboxylic acids is 1. The normalized spacial score (nSPS) is 13.7. The SMILES string of the molecule is CC(N)CCCC(=O)N(C)C(C)(C)CO. The zero-order valence-corrected chi connectivity index (χ0v) is 10.3. The average molecular weight is 216 g/mol. The Morgan fingerprint density at radius 2 is 2.07 bits per heavy atom. The van der Waals surface area contributed by atoms with Crippen LogP contribution < -0.4 is 5.73 Å². The lowest BCUT2D eigenvalue weighted by Gasteiger charge is -2.34. The Hall–Kier alpha value is -0.610. The van der Waals surface area contributed by atoms with Gasteiger partial charge in [-0.1, -0.05) is 0 Å². The van der Waals surface area contributed by atoms with Gasteiger partial charge in [0, 0.05) is 19.5 Å². The Morgan fingerprint density at radius 1 is 1.53 bits per heavy atom. The van der Waals surface area contributed by atoms with Crippen LogP contribution in [0.25, 0.3) is 0 Å². The molecule has 1 unspecified atom stereocenters. The molecular formula is C11H24N2O2. The van der Waals surface area contributed by atoms with E-state index in [0.717, 1.165) is 12.8 Å². The number of aliphatic hydroxyl groups excluding tert-OH is 1. The Morgan fingerprint density at radius 3 is 2.47 bits per heavy atom. The van der Waals surface area contributed by atoms with Gasteiger partial charge in [0.1, 0.15) is 0 Å². The first kappa shape index (κ1) is 14.4. The predicted octanol–water partition coefficient (Wildman–Crippen LogP) is 0.733. The van der Waals surface area contributed by atoms with Crippen molar-refractivity contribution in [2.24, 2.45) is 5.73 Å². The number of amides is 1. The molecule has 0 saturated heterocycles. The van der Waals surface area contributed by atoms with Crippen molar-refractivity contribution in [3.63, 3.8) is 0 Å². The predicted molar refractivity (Wildman–Crippen MR) is 61.4 cm³/mol. The Kier molecular flexibility index (Phi) is 5.83. The van der Waals surface area contributed by atoms with E-state index in [0.29, 0.717) is 6.42 Å². The highest BCUT2D eigenvalue weighted by molar-refractivity contribution is 5.76. The molecule has 0 aromatic heterocycles. The molecule has 0 bridgehead atoms. The molecule has 0 aliphatic rings. The van der Waals surface area contributed by atoms with Crippen LogP contribution in [0.1, 0.15) is 40.0 Å². The Balaban J connectivity index is 4.00. The highest BCUT2D eigenvalue weighted by Crippen LogP contribution is 2.13. The molecule has 3 N–H and O–H groups in total. The first-order valence-electron chi connectivity index (χ1n) is 5.44. The second kappa shape index (κ2) is 6.08. The largest absolute Gasteiger partial charge is 0.394 e. The third kappa shape index (κ3) is 5.14. The molecule has 4 nitrogen and oxygen atoms in total. The van der Waals surface area contributed by atoms with Crippen LogP contribution in [0, 0.1) is 0 Å². The van der Waals surface area contributed by atoms with Gasteiger partial charge in [0.25, 0.3) is 0 Å². The number of nitrogens with zero attached hydrogens (tertiary/aromatic N) is 1. The second-order valence-corrected chi connectivity index (χ2v) is 4.79. The van der Waals surface area contributed by atoms with Crippen LogP contribution in [0.4, 0.5) is 0 Å². The molecule has 0 saturated carbocycles. The fraction of sp³-hybridized carbons (Fsp3) is 0.909. The molecule has 1 atom stereocenters. The number of carbonyl (C=O) groups is 1. The summed E-state index contributed by atoms with van der Waals surface area (Å²) < 4.78 is 0. The van der Waals surface area contributed by atoms with Gasteiger partial charge in [0.2, 0.25) is 5.91 Å². The number of hydrogen-bond acceptors (Lipinski definition) is 3. The summed E-state index contributed by atoms with van der Waals surface area (Å²) >= 11 is 0. The van der Waals surface area contributed by atoms with E-state index in [1.165, 1.54) is 0 Å². The van der Waals surface area contributed by atoms with Crippen LogP contribution in [0.15, 0.2) is 0 Å². The summed E-state index contributed by atoms with van der Waals surface area (Å²) in [4.78, 5) is 13.3. The minimum Gasteiger partial charge on any atom is -0.394 e. The molecule has 0 rings (SSSR count). The zero-order chi connectivity index (χ0) is 12.1. The van der Waals surface area contributed by atoms with E-state index in [4.69, 9.17) is 10.8 Å². The maximum Gasteiger partial charge on any atom is 0.222 e. The van der Waals surface area contributed by atoms with E-state index in [2.05, 4.69) is 0 Å². The maximum atomic E-state index is 11.7. The summed E-state index contributed by atoms with van der Waals surface area (Å²) in [5, 5.41) is 9.11. The Bertz CT molecular complexity index is 203. The van der Waals surface area contributed by atoms with Crippen molar-refractivity contribution in [3.05, 3.63) is 0 Å². The minimum atomic E-state index is -0.481. The van der Waals surface area contributed by atoms with Crippen molar-refractivity contribution >= 4 is 5.91 Å². The monoisotopic (exact) mass is 216 g/mol. The molecular weight excluding hydrogens is 192 g/mol. The molecule has 15 heavy (non-hydrogen) atoms. The third-order valence-corrected chi connectivity index (χ3v) is 2.72. The molecule has 0 aliphatic heterocycles. The van der Waals surface area contributed by atoms with Crippen LogP contribution in [-0.4, -0.2) is 41.1 Å². The van der Waals surface area contributed by atoms with E-state index in [1.54, 1.807) is 11.9 Å². The van der Waals surface area contributed by atoms with E-state index in [1.807, 2.05) is 20.8 Å². The van der Waals surface area contributed by atoms with Crippen LogP contribution in [0.2, 0.25) is 0 Å². The zero-order valence-electron chi connectivity index (χ0n) is 10.3. The molecule has 90 valence electrons. The number of likely N-dealkylation sites (N-methyl/N-ethyl adjacent to an activating group) is 1. The van der Waals surface area contributed by atoms with Gasteiger partial charge in [-0.15, -0.1) is 0 Å². The number of aliphatic hydroxyl groups is 1. The van der Waals surface area contributed by atoms with E-state index in [-0.39, 0.29) is 18.6 Å². The first-order chi connectivity index (χ1) is 6.81. The summed E-state index contributed by atoms with van der Waals surface area (Å²) in [6.07, 6.45) is 2.17. The number of hydrogen-bond donors (Lipinski definition) is 2. The van der Waals surface area contributed by atoms with Gasteiger partial charge < -0.3 is 15.7 Å². The van der Waals surface area contributed by atoms with Crippen molar-refractivity contribution in [2.75, 3.05) is 13.7 Å². The topological polar surface area (TPSA) is 66.6 Å². The molecule has 0 aromatic carbocycles. The minimum absolute atomic E-state index is 0.0253. The molecule has 0 heterocycles. The van der Waals surface area contributed by atoms with Gasteiger partial charge in [-0.2, -0.15) is 0 Å². The molecule has 0 aliphatic carbocycles. The van der Waals surface area contributed by atoms with Crippen LogP contribution in [-0.2, 0) is 4.79 Å². The molecule has 1 amide bonds. The standard InChI is InChI=1S/C11H24N2O2/c1-9(12)6-5-7-10(15)13(4)11(2,3)8-14/h9,14H,5-8,12H2,1-4H3. The highest BCUT2D eigenvalue weighted by atomic mass is 16.3. The summed E-state index contributed by atoms with van der Waals surface area (Å²) in [5.74, 6) is 0.0645. The molecule has 0 spiro atoms. The number of rotatable bonds is 6. The molecule has 0 aromatic rings. The van der Waals surface area contributed by atoms with Gasteiger partial charge >= 0.3 is 0 Å². The Labute approximate surface area is 92.4 Å². The maximum absolute atomic E-state index is 11.7. The van der Waals surface area contributed by atoms with Gasteiger partial charge in [-0.05, 0) is 33.6 Å². The lowest BCUT2D eigenvalue weighted by atomic mass is 10.0. The van der Waals surface area contributed by atoms with Gasteiger partial charge in [-0.25, -0.2) is 0 Å². The van der Waals surface area contributed by atoms with Crippen LogP contribution in [0.3, 0.4) is 0 Å². The van der Waals surface area contributed by atoms with E-state index < -0.39 is 5.54 Å². The van der Waals surface area contributed by atoms with Crippen molar-refractivity contribution < 1.29 is 9.90 Å². The summed E-state index contributed by atoms with van der Waals surface area (Å²) in [5.41, 5.74) is 5.12. The average Bonchev–Trinajstić information content (AvgIpc) is 2.15. The van der Waals surface area contributed by atoms with E-state index >= 15 is 0 Å².